The lowest BCUT2D eigenvalue weighted by Crippen LogP contribution is -2.29. The van der Waals surface area contributed by atoms with Gasteiger partial charge in [0.15, 0.2) is 5.69 Å². The topological polar surface area (TPSA) is 93.0 Å². The summed E-state index contributed by atoms with van der Waals surface area (Å²) < 4.78 is 1.55. The van der Waals surface area contributed by atoms with Gasteiger partial charge in [0.05, 0.1) is 17.9 Å². The van der Waals surface area contributed by atoms with Gasteiger partial charge in [0.2, 0.25) is 0 Å². The highest BCUT2D eigenvalue weighted by molar-refractivity contribution is 7.09. The first kappa shape index (κ1) is 18.3. The minimum atomic E-state index is -0.336. The average Bonchev–Trinajstić information content (AvgIpc) is 3.49. The van der Waals surface area contributed by atoms with Crippen molar-refractivity contribution < 1.29 is 9.59 Å². The smallest absolute Gasteiger partial charge is 0.274 e. The number of benzene rings is 1. The van der Waals surface area contributed by atoms with Crippen LogP contribution in [0, 0.1) is 0 Å². The van der Waals surface area contributed by atoms with Crippen LogP contribution in [-0.4, -0.2) is 49.8 Å². The summed E-state index contributed by atoms with van der Waals surface area (Å²) in [4.78, 5) is 31.2. The standard InChI is InChI=1S/C19H20N6O2S/c1-13(18-21-16(12-28-18)19(27)24-9-5-6-10-24)20-17(26)15-11-25(23-22-15)14-7-3-2-4-8-14/h2-4,7-8,11-13H,5-6,9-10H2,1H3,(H,20,26)/t13-/m0/s1. The molecule has 1 saturated heterocycles. The molecule has 144 valence electrons. The van der Waals surface area contributed by atoms with Crippen LogP contribution in [0.4, 0.5) is 0 Å². The maximum Gasteiger partial charge on any atom is 0.274 e. The molecule has 1 aliphatic heterocycles. The molecule has 9 heteroatoms. The zero-order chi connectivity index (χ0) is 19.5. The van der Waals surface area contributed by atoms with Crippen molar-refractivity contribution in [2.24, 2.45) is 0 Å². The Morgan fingerprint density at radius 3 is 2.64 bits per heavy atom. The maximum absolute atomic E-state index is 12.5. The Balaban J connectivity index is 1.41. The van der Waals surface area contributed by atoms with Crippen molar-refractivity contribution in [1.29, 1.82) is 0 Å². The first-order valence-electron chi connectivity index (χ1n) is 9.15. The molecule has 3 aromatic rings. The number of carbonyl (C=O) groups excluding carboxylic acids is 2. The number of hydrogen-bond donors (Lipinski definition) is 1. The van der Waals surface area contributed by atoms with Crippen molar-refractivity contribution in [3.8, 4) is 5.69 Å². The molecule has 0 unspecified atom stereocenters. The van der Waals surface area contributed by atoms with E-state index in [0.717, 1.165) is 31.6 Å². The highest BCUT2D eigenvalue weighted by Gasteiger charge is 2.23. The fourth-order valence-corrected chi connectivity index (χ4v) is 3.87. The molecule has 1 atom stereocenters. The van der Waals surface area contributed by atoms with Crippen LogP contribution in [0.3, 0.4) is 0 Å². The van der Waals surface area contributed by atoms with Crippen LogP contribution in [0.25, 0.3) is 5.69 Å². The molecule has 4 rings (SSSR count). The van der Waals surface area contributed by atoms with Crippen LogP contribution in [0.5, 0.6) is 0 Å². The summed E-state index contributed by atoms with van der Waals surface area (Å²) in [6.07, 6.45) is 3.67. The van der Waals surface area contributed by atoms with E-state index in [4.69, 9.17) is 0 Å². The number of aromatic nitrogens is 4. The van der Waals surface area contributed by atoms with Crippen molar-refractivity contribution >= 4 is 23.2 Å². The fourth-order valence-electron chi connectivity index (χ4n) is 3.07. The number of rotatable bonds is 5. The second kappa shape index (κ2) is 7.89. The molecule has 0 radical (unpaired) electrons. The molecule has 1 N–H and O–H groups in total. The quantitative estimate of drug-likeness (QED) is 0.715. The molecule has 0 saturated carbocycles. The van der Waals surface area contributed by atoms with Gasteiger partial charge >= 0.3 is 0 Å². The van der Waals surface area contributed by atoms with Crippen LogP contribution >= 0.6 is 11.3 Å². The predicted octanol–water partition coefficient (Wildman–Crippen LogP) is 2.45. The van der Waals surface area contributed by atoms with Gasteiger partial charge in [-0.1, -0.05) is 23.4 Å². The van der Waals surface area contributed by atoms with Crippen LogP contribution in [0.2, 0.25) is 0 Å². The monoisotopic (exact) mass is 396 g/mol. The fraction of sp³-hybridized carbons (Fsp3) is 0.316. The second-order valence-electron chi connectivity index (χ2n) is 6.65. The van der Waals surface area contributed by atoms with E-state index in [1.165, 1.54) is 11.3 Å². The third-order valence-electron chi connectivity index (χ3n) is 4.60. The Morgan fingerprint density at radius 1 is 1.14 bits per heavy atom. The van der Waals surface area contributed by atoms with Gasteiger partial charge in [-0.2, -0.15) is 0 Å². The summed E-state index contributed by atoms with van der Waals surface area (Å²) in [5.41, 5.74) is 1.49. The lowest BCUT2D eigenvalue weighted by molar-refractivity contribution is 0.0787. The average molecular weight is 396 g/mol. The van der Waals surface area contributed by atoms with Gasteiger partial charge < -0.3 is 10.2 Å². The Morgan fingerprint density at radius 2 is 1.89 bits per heavy atom. The lowest BCUT2D eigenvalue weighted by atomic mass is 10.3. The van der Waals surface area contributed by atoms with Crippen LogP contribution in [0.15, 0.2) is 41.9 Å². The molecule has 0 aliphatic carbocycles. The number of likely N-dealkylation sites (tertiary alicyclic amines) is 1. The molecule has 28 heavy (non-hydrogen) atoms. The summed E-state index contributed by atoms with van der Waals surface area (Å²) in [6, 6.07) is 9.12. The van der Waals surface area contributed by atoms with Gasteiger partial charge in [-0.3, -0.25) is 9.59 Å². The molecule has 1 aliphatic rings. The number of hydrogen-bond acceptors (Lipinski definition) is 6. The summed E-state index contributed by atoms with van der Waals surface area (Å²) in [5.74, 6) is -0.373. The molecule has 3 heterocycles. The highest BCUT2D eigenvalue weighted by Crippen LogP contribution is 2.21. The van der Waals surface area contributed by atoms with Gasteiger partial charge in [-0.15, -0.1) is 16.4 Å². The zero-order valence-electron chi connectivity index (χ0n) is 15.4. The zero-order valence-corrected chi connectivity index (χ0v) is 16.2. The van der Waals surface area contributed by atoms with Gasteiger partial charge in [-0.05, 0) is 31.9 Å². The van der Waals surface area contributed by atoms with Gasteiger partial charge in [0, 0.05) is 18.5 Å². The van der Waals surface area contributed by atoms with E-state index < -0.39 is 0 Å². The predicted molar refractivity (Wildman–Crippen MR) is 104 cm³/mol. The molecular weight excluding hydrogens is 376 g/mol. The number of nitrogens with zero attached hydrogens (tertiary/aromatic N) is 5. The normalized spacial score (nSPS) is 14.8. The highest BCUT2D eigenvalue weighted by atomic mass is 32.1. The first-order chi connectivity index (χ1) is 13.6. The SMILES string of the molecule is C[C@H](NC(=O)c1cn(-c2ccccc2)nn1)c1nc(C(=O)N2CCCC2)cs1. The van der Waals surface area contributed by atoms with Crippen LogP contribution in [-0.2, 0) is 0 Å². The second-order valence-corrected chi connectivity index (χ2v) is 7.54. The van der Waals surface area contributed by atoms with E-state index >= 15 is 0 Å². The Hall–Kier alpha value is -3.07. The van der Waals surface area contributed by atoms with E-state index in [-0.39, 0.29) is 23.6 Å². The van der Waals surface area contributed by atoms with Gasteiger partial charge in [0.1, 0.15) is 10.7 Å². The van der Waals surface area contributed by atoms with Crippen LogP contribution in [0.1, 0.15) is 51.8 Å². The largest absolute Gasteiger partial charge is 0.342 e. The molecule has 8 nitrogen and oxygen atoms in total. The first-order valence-corrected chi connectivity index (χ1v) is 10.0. The number of thiazole rings is 1. The molecule has 2 aromatic heterocycles. The molecule has 0 spiro atoms. The number of nitrogens with one attached hydrogen (secondary N) is 1. The Labute approximate surface area is 166 Å². The number of carbonyl (C=O) groups is 2. The molecule has 2 amide bonds. The summed E-state index contributed by atoms with van der Waals surface area (Å²) >= 11 is 1.37. The van der Waals surface area contributed by atoms with Crippen molar-refractivity contribution in [3.05, 3.63) is 58.3 Å². The van der Waals surface area contributed by atoms with Crippen molar-refractivity contribution in [1.82, 2.24) is 30.2 Å². The molecular formula is C19H20N6O2S. The minimum Gasteiger partial charge on any atom is -0.342 e. The van der Waals surface area contributed by atoms with Crippen molar-refractivity contribution in [2.75, 3.05) is 13.1 Å². The van der Waals surface area contributed by atoms with Crippen molar-refractivity contribution in [2.45, 2.75) is 25.8 Å². The Bertz CT molecular complexity index is 977. The number of para-hydroxylation sites is 1. The Kier molecular flexibility index (Phi) is 5.16. The maximum atomic E-state index is 12.5. The van der Waals surface area contributed by atoms with E-state index in [2.05, 4.69) is 20.6 Å². The van der Waals surface area contributed by atoms with Gasteiger partial charge in [-0.25, -0.2) is 9.67 Å². The van der Waals surface area contributed by atoms with E-state index in [1.807, 2.05) is 42.2 Å². The molecule has 1 fully saturated rings. The summed E-state index contributed by atoms with van der Waals surface area (Å²) in [5, 5.41) is 13.3. The van der Waals surface area contributed by atoms with E-state index in [0.29, 0.717) is 10.7 Å². The summed E-state index contributed by atoms with van der Waals surface area (Å²) in [6.45, 7) is 3.41. The van der Waals surface area contributed by atoms with Crippen molar-refractivity contribution in [3.63, 3.8) is 0 Å². The van der Waals surface area contributed by atoms with Crippen LogP contribution < -0.4 is 5.32 Å². The molecule has 1 aromatic carbocycles. The third-order valence-corrected chi connectivity index (χ3v) is 5.63. The minimum absolute atomic E-state index is 0.0377. The number of amides is 2. The molecule has 0 bridgehead atoms. The van der Waals surface area contributed by atoms with E-state index in [1.54, 1.807) is 16.3 Å². The van der Waals surface area contributed by atoms with Gasteiger partial charge in [0.25, 0.3) is 11.8 Å². The lowest BCUT2D eigenvalue weighted by Gasteiger charge is -2.13. The van der Waals surface area contributed by atoms with E-state index in [9.17, 15) is 9.59 Å². The summed E-state index contributed by atoms with van der Waals surface area (Å²) in [7, 11) is 0. The third kappa shape index (κ3) is 3.79.